The molecular formula is C22H23Cl2N3. The van der Waals surface area contributed by atoms with Crippen LogP contribution in [0, 0.1) is 11.8 Å². The predicted molar refractivity (Wildman–Crippen MR) is 115 cm³/mol. The van der Waals surface area contributed by atoms with Crippen molar-refractivity contribution in [2.75, 3.05) is 18.0 Å². The molecule has 2 aromatic carbocycles. The van der Waals surface area contributed by atoms with Crippen LogP contribution < -0.4 is 4.90 Å². The largest absolute Gasteiger partial charge is 0.354 e. The van der Waals surface area contributed by atoms with Gasteiger partial charge in [-0.05, 0) is 36.8 Å². The van der Waals surface area contributed by atoms with Gasteiger partial charge in [0.2, 0.25) is 0 Å². The highest BCUT2D eigenvalue weighted by molar-refractivity contribution is 6.30. The smallest absolute Gasteiger partial charge is 0.159 e. The number of halogens is 2. The van der Waals surface area contributed by atoms with E-state index in [-0.39, 0.29) is 12.4 Å². The number of fused-ring (bicyclic) bond motifs is 2. The molecule has 0 radical (unpaired) electrons. The van der Waals surface area contributed by atoms with Crippen molar-refractivity contribution in [3.63, 3.8) is 0 Å². The summed E-state index contributed by atoms with van der Waals surface area (Å²) >= 11 is 6.05. The third-order valence-electron chi connectivity index (χ3n) is 6.13. The third kappa shape index (κ3) is 3.39. The van der Waals surface area contributed by atoms with Crippen LogP contribution in [0.1, 0.15) is 25.7 Å². The molecule has 1 saturated heterocycles. The van der Waals surface area contributed by atoms with E-state index < -0.39 is 0 Å². The average molecular weight is 400 g/mol. The first-order chi connectivity index (χ1) is 12.8. The van der Waals surface area contributed by atoms with Gasteiger partial charge in [-0.3, -0.25) is 0 Å². The number of nitrogens with zero attached hydrogens (tertiary/aromatic N) is 3. The summed E-state index contributed by atoms with van der Waals surface area (Å²) in [5.74, 6) is 2.81. The molecule has 1 aliphatic heterocycles. The number of hydrogen-bond donors (Lipinski definition) is 0. The van der Waals surface area contributed by atoms with E-state index in [9.17, 15) is 0 Å². The fourth-order valence-corrected chi connectivity index (χ4v) is 4.89. The Morgan fingerprint density at radius 1 is 0.852 bits per heavy atom. The van der Waals surface area contributed by atoms with Gasteiger partial charge in [-0.25, -0.2) is 0 Å². The van der Waals surface area contributed by atoms with Gasteiger partial charge in [-0.15, -0.1) is 22.6 Å². The van der Waals surface area contributed by atoms with E-state index in [0.29, 0.717) is 0 Å². The van der Waals surface area contributed by atoms with Gasteiger partial charge in [-0.2, -0.15) is 0 Å². The zero-order valence-corrected chi connectivity index (χ0v) is 16.7. The van der Waals surface area contributed by atoms with Crippen molar-refractivity contribution >= 4 is 40.6 Å². The van der Waals surface area contributed by atoms with E-state index in [4.69, 9.17) is 11.6 Å². The summed E-state index contributed by atoms with van der Waals surface area (Å²) < 4.78 is 0. The maximum Gasteiger partial charge on any atom is 0.159 e. The van der Waals surface area contributed by atoms with Crippen LogP contribution >= 0.6 is 24.0 Å². The molecule has 2 heterocycles. The first-order valence-corrected chi connectivity index (χ1v) is 9.94. The number of aromatic nitrogens is 2. The molecule has 0 spiro atoms. The predicted octanol–water partition coefficient (Wildman–Crippen LogP) is 6.00. The molecule has 1 aliphatic carbocycles. The van der Waals surface area contributed by atoms with Crippen LogP contribution in [-0.4, -0.2) is 23.3 Å². The van der Waals surface area contributed by atoms with Gasteiger partial charge in [0, 0.05) is 34.4 Å². The van der Waals surface area contributed by atoms with E-state index in [1.165, 1.54) is 31.1 Å². The Bertz CT molecular complexity index is 942. The normalized spacial score (nSPS) is 21.7. The molecular weight excluding hydrogens is 377 g/mol. The molecule has 0 N–H and O–H groups in total. The maximum absolute atomic E-state index is 6.05. The molecule has 0 bridgehead atoms. The van der Waals surface area contributed by atoms with Crippen molar-refractivity contribution in [3.8, 4) is 11.3 Å². The SMILES string of the molecule is Cl.Clc1ccc(-c2nnc(N3CCC4CCCC4C3)c3ccccc23)cc1. The molecule has 1 aromatic heterocycles. The van der Waals surface area contributed by atoms with E-state index in [0.717, 1.165) is 52.4 Å². The number of rotatable bonds is 2. The topological polar surface area (TPSA) is 29.0 Å². The van der Waals surface area contributed by atoms with Gasteiger partial charge in [0.1, 0.15) is 5.69 Å². The standard InChI is InChI=1S/C22H22ClN3.ClH/c23-18-10-8-16(9-11-18)21-19-6-1-2-7-20(19)22(25-24-21)26-13-12-15-4-3-5-17(15)14-26;/h1-2,6-11,15,17H,3-5,12-14H2;1H. The molecule has 5 heteroatoms. The van der Waals surface area contributed by atoms with Gasteiger partial charge < -0.3 is 4.90 Å². The van der Waals surface area contributed by atoms with Gasteiger partial charge in [0.25, 0.3) is 0 Å². The Balaban J connectivity index is 0.00000180. The Morgan fingerprint density at radius 3 is 2.41 bits per heavy atom. The summed E-state index contributed by atoms with van der Waals surface area (Å²) in [6.45, 7) is 2.23. The maximum atomic E-state index is 6.05. The highest BCUT2D eigenvalue weighted by atomic mass is 35.5. The van der Waals surface area contributed by atoms with Gasteiger partial charge in [-0.1, -0.05) is 60.8 Å². The van der Waals surface area contributed by atoms with Crippen molar-refractivity contribution < 1.29 is 0 Å². The van der Waals surface area contributed by atoms with E-state index in [2.05, 4.69) is 39.4 Å². The van der Waals surface area contributed by atoms with Gasteiger partial charge in [0.15, 0.2) is 5.82 Å². The minimum absolute atomic E-state index is 0. The molecule has 27 heavy (non-hydrogen) atoms. The number of piperidine rings is 1. The summed E-state index contributed by atoms with van der Waals surface area (Å²) in [5, 5.41) is 12.4. The second-order valence-corrected chi connectivity index (χ2v) is 8.05. The zero-order valence-electron chi connectivity index (χ0n) is 15.1. The quantitative estimate of drug-likeness (QED) is 0.528. The molecule has 2 aliphatic rings. The first-order valence-electron chi connectivity index (χ1n) is 9.56. The Kier molecular flexibility index (Phi) is 5.25. The average Bonchev–Trinajstić information content (AvgIpc) is 3.16. The zero-order chi connectivity index (χ0) is 17.5. The number of benzene rings is 2. The van der Waals surface area contributed by atoms with Crippen LogP contribution in [0.25, 0.3) is 22.0 Å². The molecule has 3 nitrogen and oxygen atoms in total. The minimum atomic E-state index is 0. The number of hydrogen-bond acceptors (Lipinski definition) is 3. The molecule has 1 saturated carbocycles. The Labute approximate surface area is 171 Å². The number of anilines is 1. The van der Waals surface area contributed by atoms with Crippen molar-refractivity contribution in [2.45, 2.75) is 25.7 Å². The highest BCUT2D eigenvalue weighted by Gasteiger charge is 2.33. The Morgan fingerprint density at radius 2 is 1.59 bits per heavy atom. The first kappa shape index (κ1) is 18.5. The summed E-state index contributed by atoms with van der Waals surface area (Å²) in [5.41, 5.74) is 1.98. The molecule has 2 fully saturated rings. The molecule has 140 valence electrons. The van der Waals surface area contributed by atoms with Crippen molar-refractivity contribution in [1.82, 2.24) is 10.2 Å². The molecule has 2 unspecified atom stereocenters. The van der Waals surface area contributed by atoms with E-state index in [1.54, 1.807) is 0 Å². The summed E-state index contributed by atoms with van der Waals surface area (Å²) in [7, 11) is 0. The van der Waals surface area contributed by atoms with Crippen molar-refractivity contribution in [3.05, 3.63) is 53.6 Å². The summed E-state index contributed by atoms with van der Waals surface area (Å²) in [6.07, 6.45) is 5.47. The van der Waals surface area contributed by atoms with Crippen LogP contribution in [-0.2, 0) is 0 Å². The summed E-state index contributed by atoms with van der Waals surface area (Å²) in [4.78, 5) is 2.47. The molecule has 2 atom stereocenters. The van der Waals surface area contributed by atoms with E-state index >= 15 is 0 Å². The minimum Gasteiger partial charge on any atom is -0.354 e. The fourth-order valence-electron chi connectivity index (χ4n) is 4.77. The second kappa shape index (κ2) is 7.65. The van der Waals surface area contributed by atoms with Gasteiger partial charge >= 0.3 is 0 Å². The van der Waals surface area contributed by atoms with Crippen LogP contribution in [0.4, 0.5) is 5.82 Å². The third-order valence-corrected chi connectivity index (χ3v) is 6.38. The van der Waals surface area contributed by atoms with Gasteiger partial charge in [0.05, 0.1) is 0 Å². The lowest BCUT2D eigenvalue weighted by Crippen LogP contribution is -2.39. The van der Waals surface area contributed by atoms with E-state index in [1.807, 2.05) is 24.3 Å². The van der Waals surface area contributed by atoms with Crippen LogP contribution in [0.15, 0.2) is 48.5 Å². The van der Waals surface area contributed by atoms with Crippen molar-refractivity contribution in [1.29, 1.82) is 0 Å². The van der Waals surface area contributed by atoms with Crippen LogP contribution in [0.3, 0.4) is 0 Å². The van der Waals surface area contributed by atoms with Crippen LogP contribution in [0.5, 0.6) is 0 Å². The Hall–Kier alpha value is -1.84. The van der Waals surface area contributed by atoms with Crippen molar-refractivity contribution in [2.24, 2.45) is 11.8 Å². The highest BCUT2D eigenvalue weighted by Crippen LogP contribution is 2.40. The fraction of sp³-hybridized carbons (Fsp3) is 0.364. The molecule has 5 rings (SSSR count). The molecule has 3 aromatic rings. The lowest BCUT2D eigenvalue weighted by atomic mass is 9.88. The monoisotopic (exact) mass is 399 g/mol. The second-order valence-electron chi connectivity index (χ2n) is 7.61. The summed E-state index contributed by atoms with van der Waals surface area (Å²) in [6, 6.07) is 16.4. The van der Waals surface area contributed by atoms with Crippen LogP contribution in [0.2, 0.25) is 5.02 Å². The lowest BCUT2D eigenvalue weighted by Gasteiger charge is -2.36. The lowest BCUT2D eigenvalue weighted by molar-refractivity contribution is 0.323. The molecule has 0 amide bonds.